The number of carbonyl (C=O) groups is 1. The summed E-state index contributed by atoms with van der Waals surface area (Å²) in [4.78, 5) is 12.2. The zero-order valence-electron chi connectivity index (χ0n) is 10.3. The minimum Gasteiger partial charge on any atom is -0.444 e. The monoisotopic (exact) mass is 292 g/mol. The van der Waals surface area contributed by atoms with Crippen molar-refractivity contribution >= 4 is 11.8 Å². The number of benzene rings is 1. The third-order valence-corrected chi connectivity index (χ3v) is 3.05. The van der Waals surface area contributed by atoms with Gasteiger partial charge in [-0.05, 0) is 18.2 Å². The number of nitrogens with zero attached hydrogens (tertiary/aromatic N) is 1. The third-order valence-electron chi connectivity index (χ3n) is 3.05. The number of rotatable bonds is 2. The van der Waals surface area contributed by atoms with E-state index < -0.39 is 29.8 Å². The summed E-state index contributed by atoms with van der Waals surface area (Å²) in [5.41, 5.74) is 3.89. The first kappa shape index (κ1) is 14.4. The second-order valence-electron chi connectivity index (χ2n) is 4.46. The highest BCUT2D eigenvalue weighted by Gasteiger charge is 2.34. The van der Waals surface area contributed by atoms with Crippen LogP contribution in [-0.4, -0.2) is 25.3 Å². The lowest BCUT2D eigenvalue weighted by Gasteiger charge is -2.19. The van der Waals surface area contributed by atoms with Crippen LogP contribution in [0.25, 0.3) is 0 Å². The fourth-order valence-corrected chi connectivity index (χ4v) is 2.15. The van der Waals surface area contributed by atoms with E-state index in [0.29, 0.717) is 24.7 Å². The quantitative estimate of drug-likeness (QED) is 0.852. The van der Waals surface area contributed by atoms with Gasteiger partial charge in [-0.15, -0.1) is 0 Å². The van der Waals surface area contributed by atoms with Crippen LogP contribution < -0.4 is 10.6 Å². The summed E-state index contributed by atoms with van der Waals surface area (Å²) in [5, 5.41) is 0. The smallest absolute Gasteiger partial charge is 0.419 e. The van der Waals surface area contributed by atoms with Crippen molar-refractivity contribution in [2.45, 2.75) is 18.7 Å². The van der Waals surface area contributed by atoms with Crippen molar-refractivity contribution in [1.29, 1.82) is 0 Å². The molecule has 8 heteroatoms. The van der Waals surface area contributed by atoms with Crippen molar-refractivity contribution in [1.82, 2.24) is 0 Å². The largest absolute Gasteiger partial charge is 0.444 e. The molecule has 1 heterocycles. The minimum absolute atomic E-state index is 0.272. The molecule has 110 valence electrons. The molecule has 1 saturated heterocycles. The highest BCUT2D eigenvalue weighted by Crippen LogP contribution is 2.33. The van der Waals surface area contributed by atoms with Gasteiger partial charge >= 0.3 is 12.3 Å². The number of nitrogens with two attached hydrogens (primary N) is 1. The summed E-state index contributed by atoms with van der Waals surface area (Å²) >= 11 is 0. The number of ether oxygens (including phenoxy) is 1. The molecule has 1 aromatic carbocycles. The van der Waals surface area contributed by atoms with E-state index in [-0.39, 0.29) is 6.54 Å². The van der Waals surface area contributed by atoms with E-state index >= 15 is 0 Å². The Kier molecular flexibility index (Phi) is 3.74. The van der Waals surface area contributed by atoms with Gasteiger partial charge in [0.1, 0.15) is 11.9 Å². The Balaban J connectivity index is 2.12. The van der Waals surface area contributed by atoms with Crippen molar-refractivity contribution in [3.8, 4) is 0 Å². The predicted octanol–water partition coefficient (Wildman–Crippen LogP) is 2.52. The molecule has 1 fully saturated rings. The minimum atomic E-state index is -4.72. The van der Waals surface area contributed by atoms with Crippen LogP contribution in [0.2, 0.25) is 0 Å². The second-order valence-corrected chi connectivity index (χ2v) is 4.46. The van der Waals surface area contributed by atoms with Crippen molar-refractivity contribution in [2.24, 2.45) is 5.73 Å². The molecule has 2 rings (SSSR count). The van der Waals surface area contributed by atoms with Crippen LogP contribution >= 0.6 is 0 Å². The van der Waals surface area contributed by atoms with Crippen LogP contribution in [-0.2, 0) is 10.9 Å². The summed E-state index contributed by atoms with van der Waals surface area (Å²) in [7, 11) is 0. The summed E-state index contributed by atoms with van der Waals surface area (Å²) in [5.74, 6) is -1.32. The van der Waals surface area contributed by atoms with Gasteiger partial charge in [0.25, 0.3) is 0 Å². The number of hydrogen-bond acceptors (Lipinski definition) is 3. The van der Waals surface area contributed by atoms with Gasteiger partial charge in [0.2, 0.25) is 0 Å². The molecule has 1 atom stereocenters. The first-order chi connectivity index (χ1) is 9.27. The Hall–Kier alpha value is -1.99. The highest BCUT2D eigenvalue weighted by atomic mass is 19.4. The molecule has 0 spiro atoms. The lowest BCUT2D eigenvalue weighted by molar-refractivity contribution is -0.139. The van der Waals surface area contributed by atoms with E-state index in [1.165, 1.54) is 6.07 Å². The van der Waals surface area contributed by atoms with Crippen LogP contribution in [0.1, 0.15) is 12.0 Å². The molecule has 0 aliphatic carbocycles. The second kappa shape index (κ2) is 5.18. The van der Waals surface area contributed by atoms with Gasteiger partial charge < -0.3 is 15.4 Å². The number of amides is 1. The standard InChI is InChI=1S/C12H12F4N2O2/c13-10-5-7(1-2-9(10)12(14,15)16)18-4-3-8(6-18)20-11(17)19/h1-2,5,8H,3-4,6H2,(H2,17,19). The number of hydrogen-bond donors (Lipinski definition) is 1. The molecule has 20 heavy (non-hydrogen) atoms. The molecule has 0 bridgehead atoms. The molecule has 2 N–H and O–H groups in total. The highest BCUT2D eigenvalue weighted by molar-refractivity contribution is 5.65. The zero-order chi connectivity index (χ0) is 14.9. The SMILES string of the molecule is NC(=O)OC1CCN(c2ccc(C(F)(F)F)c(F)c2)C1. The number of anilines is 1. The number of alkyl halides is 3. The van der Waals surface area contributed by atoms with Crippen molar-refractivity contribution in [3.63, 3.8) is 0 Å². The van der Waals surface area contributed by atoms with E-state index in [9.17, 15) is 22.4 Å². The summed E-state index contributed by atoms with van der Waals surface area (Å²) < 4.78 is 55.6. The Labute approximate surface area is 112 Å². The van der Waals surface area contributed by atoms with Gasteiger partial charge in [0.05, 0.1) is 12.1 Å². The number of primary amides is 1. The Morgan fingerprint density at radius 1 is 1.40 bits per heavy atom. The fraction of sp³-hybridized carbons (Fsp3) is 0.417. The predicted molar refractivity (Wildman–Crippen MR) is 62.7 cm³/mol. The first-order valence-electron chi connectivity index (χ1n) is 5.85. The van der Waals surface area contributed by atoms with Gasteiger partial charge in [-0.1, -0.05) is 0 Å². The maximum atomic E-state index is 13.5. The molecular formula is C12H12F4N2O2. The van der Waals surface area contributed by atoms with E-state index in [1.807, 2.05) is 0 Å². The van der Waals surface area contributed by atoms with Crippen LogP contribution in [0.4, 0.5) is 28.0 Å². The van der Waals surface area contributed by atoms with E-state index in [0.717, 1.165) is 6.07 Å². The van der Waals surface area contributed by atoms with Gasteiger partial charge in [-0.2, -0.15) is 13.2 Å². The van der Waals surface area contributed by atoms with Gasteiger partial charge in [0.15, 0.2) is 0 Å². The van der Waals surface area contributed by atoms with Gasteiger partial charge in [0, 0.05) is 18.7 Å². The number of carbonyl (C=O) groups excluding carboxylic acids is 1. The summed E-state index contributed by atoms with van der Waals surface area (Å²) in [6.07, 6.45) is -5.56. The maximum Gasteiger partial charge on any atom is 0.419 e. The van der Waals surface area contributed by atoms with Gasteiger partial charge in [-0.3, -0.25) is 0 Å². The lowest BCUT2D eigenvalue weighted by Crippen LogP contribution is -2.27. The normalized spacial score (nSPS) is 19.2. The first-order valence-corrected chi connectivity index (χ1v) is 5.85. The fourth-order valence-electron chi connectivity index (χ4n) is 2.15. The van der Waals surface area contributed by atoms with Crippen LogP contribution in [0.5, 0.6) is 0 Å². The maximum absolute atomic E-state index is 13.5. The van der Waals surface area contributed by atoms with Crippen LogP contribution in [0.15, 0.2) is 18.2 Å². The van der Waals surface area contributed by atoms with Gasteiger partial charge in [-0.25, -0.2) is 9.18 Å². The molecule has 1 aliphatic heterocycles. The Bertz CT molecular complexity index is 519. The summed E-state index contributed by atoms with van der Waals surface area (Å²) in [6, 6.07) is 2.72. The molecule has 1 aromatic rings. The average Bonchev–Trinajstić information content (AvgIpc) is 2.74. The third kappa shape index (κ3) is 3.12. The molecule has 1 aliphatic rings. The molecule has 1 amide bonds. The lowest BCUT2D eigenvalue weighted by atomic mass is 10.1. The molecule has 1 unspecified atom stereocenters. The average molecular weight is 292 g/mol. The van der Waals surface area contributed by atoms with E-state index in [2.05, 4.69) is 0 Å². The van der Waals surface area contributed by atoms with E-state index in [1.54, 1.807) is 4.90 Å². The van der Waals surface area contributed by atoms with Crippen LogP contribution in [0.3, 0.4) is 0 Å². The molecular weight excluding hydrogens is 280 g/mol. The Morgan fingerprint density at radius 2 is 2.10 bits per heavy atom. The summed E-state index contributed by atoms with van der Waals surface area (Å²) in [6.45, 7) is 0.719. The zero-order valence-corrected chi connectivity index (χ0v) is 10.3. The van der Waals surface area contributed by atoms with Crippen molar-refractivity contribution < 1.29 is 27.1 Å². The topological polar surface area (TPSA) is 55.6 Å². The van der Waals surface area contributed by atoms with E-state index in [4.69, 9.17) is 10.5 Å². The Morgan fingerprint density at radius 3 is 2.65 bits per heavy atom. The molecule has 0 saturated carbocycles. The van der Waals surface area contributed by atoms with Crippen molar-refractivity contribution in [3.05, 3.63) is 29.6 Å². The molecule has 0 radical (unpaired) electrons. The molecule has 4 nitrogen and oxygen atoms in total. The van der Waals surface area contributed by atoms with Crippen LogP contribution in [0, 0.1) is 5.82 Å². The molecule has 0 aromatic heterocycles. The van der Waals surface area contributed by atoms with Crippen molar-refractivity contribution in [2.75, 3.05) is 18.0 Å². The number of halogens is 4.